The fraction of sp³-hybridized carbons (Fsp3) is 0.789. The highest BCUT2D eigenvalue weighted by Crippen LogP contribution is 2.38. The van der Waals surface area contributed by atoms with Crippen LogP contribution in [0.3, 0.4) is 0 Å². The highest BCUT2D eigenvalue weighted by Gasteiger charge is 2.27. The van der Waals surface area contributed by atoms with Crippen LogP contribution in [-0.4, -0.2) is 29.1 Å². The van der Waals surface area contributed by atoms with Crippen molar-refractivity contribution in [1.82, 2.24) is 9.97 Å². The average molecular weight is 316 g/mol. The highest BCUT2D eigenvalue weighted by molar-refractivity contribution is 5.51. The molecular formula is C19H32N4. The lowest BCUT2D eigenvalue weighted by Crippen LogP contribution is -2.40. The number of nitrogens with two attached hydrogens (primary N) is 1. The van der Waals surface area contributed by atoms with Crippen molar-refractivity contribution in [2.45, 2.75) is 83.1 Å². The van der Waals surface area contributed by atoms with Crippen LogP contribution >= 0.6 is 0 Å². The van der Waals surface area contributed by atoms with E-state index in [1.54, 1.807) is 0 Å². The second-order valence-corrected chi connectivity index (χ2v) is 8.37. The standard InChI is InChI=1S/C19H32N4/c1-19(2,3)18-21-13-16(23-11-9-15(20)10-12-23)17(22-18)14-7-5-4-6-8-14/h13-15H,4-12,20H2,1-3H3. The SMILES string of the molecule is CC(C)(C)c1ncc(N2CCC(N)CC2)c(C2CCCCC2)n1. The molecule has 0 radical (unpaired) electrons. The molecule has 0 spiro atoms. The molecule has 1 aliphatic carbocycles. The normalized spacial score (nSPS) is 21.7. The Balaban J connectivity index is 1.93. The first-order valence-corrected chi connectivity index (χ1v) is 9.33. The van der Waals surface area contributed by atoms with Crippen molar-refractivity contribution < 1.29 is 0 Å². The number of anilines is 1. The predicted octanol–water partition coefficient (Wildman–Crippen LogP) is 3.75. The molecule has 3 rings (SSSR count). The summed E-state index contributed by atoms with van der Waals surface area (Å²) in [4.78, 5) is 12.3. The Bertz CT molecular complexity index is 521. The molecule has 0 bridgehead atoms. The van der Waals surface area contributed by atoms with E-state index in [4.69, 9.17) is 15.7 Å². The average Bonchev–Trinajstić information content (AvgIpc) is 2.55. The van der Waals surface area contributed by atoms with Crippen molar-refractivity contribution in [3.05, 3.63) is 17.7 Å². The summed E-state index contributed by atoms with van der Waals surface area (Å²) in [5.41, 5.74) is 8.67. The maximum atomic E-state index is 6.08. The smallest absolute Gasteiger partial charge is 0.134 e. The molecule has 0 unspecified atom stereocenters. The van der Waals surface area contributed by atoms with Crippen molar-refractivity contribution in [2.24, 2.45) is 5.73 Å². The van der Waals surface area contributed by atoms with Crippen LogP contribution in [0, 0.1) is 0 Å². The zero-order chi connectivity index (χ0) is 16.4. The Morgan fingerprint density at radius 3 is 2.30 bits per heavy atom. The first kappa shape index (κ1) is 16.7. The van der Waals surface area contributed by atoms with E-state index in [0.29, 0.717) is 12.0 Å². The van der Waals surface area contributed by atoms with E-state index < -0.39 is 0 Å². The van der Waals surface area contributed by atoms with Gasteiger partial charge in [0.1, 0.15) is 5.82 Å². The summed E-state index contributed by atoms with van der Waals surface area (Å²) in [6.45, 7) is 8.68. The molecule has 23 heavy (non-hydrogen) atoms. The van der Waals surface area contributed by atoms with E-state index in [1.807, 2.05) is 0 Å². The minimum Gasteiger partial charge on any atom is -0.369 e. The molecule has 0 atom stereocenters. The molecule has 2 fully saturated rings. The molecule has 0 aromatic carbocycles. The third-order valence-electron chi connectivity index (χ3n) is 5.34. The van der Waals surface area contributed by atoms with Gasteiger partial charge < -0.3 is 10.6 Å². The predicted molar refractivity (Wildman–Crippen MR) is 96.0 cm³/mol. The lowest BCUT2D eigenvalue weighted by atomic mass is 9.85. The number of nitrogens with zero attached hydrogens (tertiary/aromatic N) is 3. The van der Waals surface area contributed by atoms with Gasteiger partial charge in [-0.25, -0.2) is 9.97 Å². The van der Waals surface area contributed by atoms with Crippen LogP contribution in [0.1, 0.15) is 83.2 Å². The Kier molecular flexibility index (Phi) is 4.90. The maximum absolute atomic E-state index is 6.08. The molecule has 4 nitrogen and oxygen atoms in total. The first-order valence-electron chi connectivity index (χ1n) is 9.33. The fourth-order valence-corrected chi connectivity index (χ4v) is 3.81. The molecule has 1 saturated heterocycles. The quantitative estimate of drug-likeness (QED) is 0.903. The second kappa shape index (κ2) is 6.76. The fourth-order valence-electron chi connectivity index (χ4n) is 3.81. The molecule has 2 aliphatic rings. The summed E-state index contributed by atoms with van der Waals surface area (Å²) >= 11 is 0. The Morgan fingerprint density at radius 2 is 1.70 bits per heavy atom. The number of hydrogen-bond donors (Lipinski definition) is 1. The summed E-state index contributed by atoms with van der Waals surface area (Å²) in [6, 6.07) is 0.360. The van der Waals surface area contributed by atoms with Gasteiger partial charge in [0.2, 0.25) is 0 Å². The summed E-state index contributed by atoms with van der Waals surface area (Å²) < 4.78 is 0. The summed E-state index contributed by atoms with van der Waals surface area (Å²) in [5.74, 6) is 1.59. The van der Waals surface area contributed by atoms with E-state index in [2.05, 4.69) is 31.9 Å². The van der Waals surface area contributed by atoms with Crippen LogP contribution < -0.4 is 10.6 Å². The van der Waals surface area contributed by atoms with Crippen LogP contribution in [0.15, 0.2) is 6.20 Å². The summed E-state index contributed by atoms with van der Waals surface area (Å²) in [7, 11) is 0. The van der Waals surface area contributed by atoms with Crippen molar-refractivity contribution in [1.29, 1.82) is 0 Å². The molecule has 1 saturated carbocycles. The van der Waals surface area contributed by atoms with Crippen LogP contribution in [0.5, 0.6) is 0 Å². The topological polar surface area (TPSA) is 55.0 Å². The van der Waals surface area contributed by atoms with Crippen molar-refractivity contribution >= 4 is 5.69 Å². The molecule has 1 aromatic heterocycles. The molecule has 128 valence electrons. The van der Waals surface area contributed by atoms with E-state index in [9.17, 15) is 0 Å². The van der Waals surface area contributed by atoms with Gasteiger partial charge in [0.25, 0.3) is 0 Å². The molecule has 4 heteroatoms. The van der Waals surface area contributed by atoms with Crippen LogP contribution in [0.4, 0.5) is 5.69 Å². The van der Waals surface area contributed by atoms with Gasteiger partial charge in [0, 0.05) is 30.5 Å². The highest BCUT2D eigenvalue weighted by atomic mass is 15.2. The molecule has 0 amide bonds. The van der Waals surface area contributed by atoms with Crippen molar-refractivity contribution in [3.63, 3.8) is 0 Å². The number of rotatable bonds is 2. The van der Waals surface area contributed by atoms with Crippen LogP contribution in [0.2, 0.25) is 0 Å². The second-order valence-electron chi connectivity index (χ2n) is 8.37. The summed E-state index contributed by atoms with van der Waals surface area (Å²) in [6.07, 6.45) is 10.8. The van der Waals surface area contributed by atoms with Gasteiger partial charge in [-0.15, -0.1) is 0 Å². The number of piperidine rings is 1. The van der Waals surface area contributed by atoms with Gasteiger partial charge >= 0.3 is 0 Å². The van der Waals surface area contributed by atoms with Gasteiger partial charge in [-0.2, -0.15) is 0 Å². The monoisotopic (exact) mass is 316 g/mol. The van der Waals surface area contributed by atoms with Gasteiger partial charge in [0.05, 0.1) is 17.6 Å². The lowest BCUT2D eigenvalue weighted by Gasteiger charge is -2.35. The van der Waals surface area contributed by atoms with Gasteiger partial charge in [-0.3, -0.25) is 0 Å². The van der Waals surface area contributed by atoms with E-state index in [1.165, 1.54) is 43.5 Å². The van der Waals surface area contributed by atoms with Gasteiger partial charge in [-0.1, -0.05) is 40.0 Å². The van der Waals surface area contributed by atoms with E-state index in [0.717, 1.165) is 31.8 Å². The Hall–Kier alpha value is -1.16. The van der Waals surface area contributed by atoms with Gasteiger partial charge in [-0.05, 0) is 25.7 Å². The minimum absolute atomic E-state index is 0.00615. The van der Waals surface area contributed by atoms with Crippen molar-refractivity contribution in [3.8, 4) is 0 Å². The molecular weight excluding hydrogens is 284 g/mol. The largest absolute Gasteiger partial charge is 0.369 e. The lowest BCUT2D eigenvalue weighted by molar-refractivity contribution is 0.428. The van der Waals surface area contributed by atoms with Gasteiger partial charge in [0.15, 0.2) is 0 Å². The number of hydrogen-bond acceptors (Lipinski definition) is 4. The minimum atomic E-state index is 0.00615. The zero-order valence-electron chi connectivity index (χ0n) is 15.0. The number of aromatic nitrogens is 2. The maximum Gasteiger partial charge on any atom is 0.134 e. The van der Waals surface area contributed by atoms with Crippen molar-refractivity contribution in [2.75, 3.05) is 18.0 Å². The van der Waals surface area contributed by atoms with E-state index in [-0.39, 0.29) is 5.41 Å². The molecule has 2 heterocycles. The van der Waals surface area contributed by atoms with Crippen LogP contribution in [-0.2, 0) is 5.41 Å². The zero-order valence-corrected chi connectivity index (χ0v) is 15.0. The third kappa shape index (κ3) is 3.85. The summed E-state index contributed by atoms with van der Waals surface area (Å²) in [5, 5.41) is 0. The molecule has 1 aliphatic heterocycles. The van der Waals surface area contributed by atoms with E-state index >= 15 is 0 Å². The Labute approximate surface area is 140 Å². The molecule has 2 N–H and O–H groups in total. The third-order valence-corrected chi connectivity index (χ3v) is 5.34. The van der Waals surface area contributed by atoms with Crippen LogP contribution in [0.25, 0.3) is 0 Å². The first-order chi connectivity index (χ1) is 10.9. The Morgan fingerprint density at radius 1 is 1.04 bits per heavy atom. The molecule has 1 aromatic rings.